The molecule has 0 spiro atoms. The van der Waals surface area contributed by atoms with Gasteiger partial charge in [-0.25, -0.2) is 0 Å². The van der Waals surface area contributed by atoms with Crippen molar-refractivity contribution in [2.75, 3.05) is 0 Å². The number of unbranched alkanes of at least 4 members (excludes halogenated alkanes) is 5. The molecule has 0 N–H and O–H groups in total. The van der Waals surface area contributed by atoms with Crippen LogP contribution in [0.15, 0.2) is 0 Å². The minimum Gasteiger partial charge on any atom is -0.393 e. The first-order valence-corrected chi connectivity index (χ1v) is 7.58. The second kappa shape index (κ2) is 6.53. The highest BCUT2D eigenvalue weighted by molar-refractivity contribution is 5.97. The van der Waals surface area contributed by atoms with Gasteiger partial charge in [0.1, 0.15) is 0 Å². The van der Waals surface area contributed by atoms with E-state index in [0.29, 0.717) is 0 Å². The molecule has 0 aromatic carbocycles. The van der Waals surface area contributed by atoms with Crippen molar-refractivity contribution in [2.24, 2.45) is 10.8 Å². The number of ether oxygens (including phenoxy) is 1. The molecule has 0 radical (unpaired) electrons. The summed E-state index contributed by atoms with van der Waals surface area (Å²) in [6.07, 6.45) is 8.18. The van der Waals surface area contributed by atoms with Crippen LogP contribution in [0.5, 0.6) is 0 Å². The van der Waals surface area contributed by atoms with Crippen LogP contribution >= 0.6 is 0 Å². The van der Waals surface area contributed by atoms with E-state index >= 15 is 0 Å². The van der Waals surface area contributed by atoms with Crippen LogP contribution in [0.1, 0.15) is 79.1 Å². The smallest absolute Gasteiger partial charge is 0.320 e. The van der Waals surface area contributed by atoms with Crippen molar-refractivity contribution in [3.63, 3.8) is 0 Å². The Hall–Kier alpha value is -0.860. The predicted molar refractivity (Wildman–Crippen MR) is 75.6 cm³/mol. The second-order valence-electron chi connectivity index (χ2n) is 6.79. The number of rotatable bonds is 7. The standard InChI is InChI=1S/C16H28O3/c1-5-6-7-8-9-10-11-16(15(2,3)4)12-13(17)19-14(16)18/h5-12H2,1-4H3. The maximum atomic E-state index is 12.1. The molecular formula is C16H28O3. The largest absolute Gasteiger partial charge is 0.393 e. The van der Waals surface area contributed by atoms with E-state index in [4.69, 9.17) is 4.74 Å². The molecule has 110 valence electrons. The van der Waals surface area contributed by atoms with Crippen LogP contribution in [0.25, 0.3) is 0 Å². The molecule has 1 aliphatic heterocycles. The van der Waals surface area contributed by atoms with E-state index in [-0.39, 0.29) is 23.8 Å². The first kappa shape index (κ1) is 16.2. The van der Waals surface area contributed by atoms with Gasteiger partial charge in [-0.15, -0.1) is 0 Å². The highest BCUT2D eigenvalue weighted by Gasteiger charge is 2.55. The van der Waals surface area contributed by atoms with E-state index in [1.807, 2.05) is 20.8 Å². The number of carbonyl (C=O) groups excluding carboxylic acids is 2. The zero-order chi connectivity index (χ0) is 14.5. The third-order valence-corrected chi connectivity index (χ3v) is 4.44. The van der Waals surface area contributed by atoms with Crippen LogP contribution in [-0.2, 0) is 14.3 Å². The van der Waals surface area contributed by atoms with E-state index in [1.54, 1.807) is 0 Å². The molecule has 1 rings (SSSR count). The van der Waals surface area contributed by atoms with E-state index in [1.165, 1.54) is 25.7 Å². The fourth-order valence-electron chi connectivity index (χ4n) is 2.90. The Balaban J connectivity index is 2.53. The predicted octanol–water partition coefficient (Wildman–Crippen LogP) is 4.24. The Labute approximate surface area is 117 Å². The zero-order valence-corrected chi connectivity index (χ0v) is 12.9. The molecule has 3 nitrogen and oxygen atoms in total. The van der Waals surface area contributed by atoms with Crippen molar-refractivity contribution in [2.45, 2.75) is 79.1 Å². The summed E-state index contributed by atoms with van der Waals surface area (Å²) >= 11 is 0. The first-order valence-electron chi connectivity index (χ1n) is 7.58. The average molecular weight is 268 g/mol. The lowest BCUT2D eigenvalue weighted by atomic mass is 9.63. The number of hydrogen-bond acceptors (Lipinski definition) is 3. The zero-order valence-electron chi connectivity index (χ0n) is 12.9. The Bertz CT molecular complexity index is 327. The monoisotopic (exact) mass is 268 g/mol. The normalized spacial score (nSPS) is 23.8. The Morgan fingerprint density at radius 2 is 1.63 bits per heavy atom. The molecule has 3 heteroatoms. The van der Waals surface area contributed by atoms with Crippen LogP contribution in [0.4, 0.5) is 0 Å². The van der Waals surface area contributed by atoms with Gasteiger partial charge in [-0.2, -0.15) is 0 Å². The van der Waals surface area contributed by atoms with Crippen molar-refractivity contribution in [3.05, 3.63) is 0 Å². The van der Waals surface area contributed by atoms with Gasteiger partial charge in [0.25, 0.3) is 0 Å². The molecule has 1 atom stereocenters. The number of cyclic esters (lactones) is 2. The maximum absolute atomic E-state index is 12.1. The molecule has 1 fully saturated rings. The van der Waals surface area contributed by atoms with Gasteiger partial charge in [-0.05, 0) is 11.8 Å². The maximum Gasteiger partial charge on any atom is 0.320 e. The molecule has 1 aliphatic rings. The molecule has 19 heavy (non-hydrogen) atoms. The fraction of sp³-hybridized carbons (Fsp3) is 0.875. The minimum absolute atomic E-state index is 0.223. The summed E-state index contributed by atoms with van der Waals surface area (Å²) in [5.41, 5.74) is -0.825. The third kappa shape index (κ3) is 3.80. The SMILES string of the molecule is CCCCCCCCC1(C(C)(C)C)CC(=O)OC1=O. The summed E-state index contributed by atoms with van der Waals surface area (Å²) in [6, 6.07) is 0. The van der Waals surface area contributed by atoms with Crippen molar-refractivity contribution in [1.29, 1.82) is 0 Å². The Morgan fingerprint density at radius 3 is 2.11 bits per heavy atom. The summed E-state index contributed by atoms with van der Waals surface area (Å²) in [5, 5.41) is 0. The van der Waals surface area contributed by atoms with E-state index in [0.717, 1.165) is 19.3 Å². The highest BCUT2D eigenvalue weighted by Crippen LogP contribution is 2.50. The van der Waals surface area contributed by atoms with Gasteiger partial charge in [0, 0.05) is 0 Å². The van der Waals surface area contributed by atoms with Crippen molar-refractivity contribution in [3.8, 4) is 0 Å². The van der Waals surface area contributed by atoms with Crippen LogP contribution in [0.3, 0.4) is 0 Å². The van der Waals surface area contributed by atoms with Gasteiger partial charge >= 0.3 is 11.9 Å². The molecule has 1 unspecified atom stereocenters. The minimum atomic E-state index is -0.602. The summed E-state index contributed by atoms with van der Waals surface area (Å²) in [4.78, 5) is 23.5. The van der Waals surface area contributed by atoms with Gasteiger partial charge < -0.3 is 4.74 Å². The van der Waals surface area contributed by atoms with Crippen LogP contribution < -0.4 is 0 Å². The van der Waals surface area contributed by atoms with Crippen molar-refractivity contribution < 1.29 is 14.3 Å². The lowest BCUT2D eigenvalue weighted by Crippen LogP contribution is -2.39. The molecule has 0 saturated carbocycles. The molecule has 0 aliphatic carbocycles. The van der Waals surface area contributed by atoms with Crippen LogP contribution in [0.2, 0.25) is 0 Å². The average Bonchev–Trinajstić information content (AvgIpc) is 2.59. The Morgan fingerprint density at radius 1 is 1.05 bits per heavy atom. The van der Waals surface area contributed by atoms with Gasteiger partial charge in [0.05, 0.1) is 11.8 Å². The molecule has 0 amide bonds. The number of esters is 2. The Kier molecular flexibility index (Phi) is 5.57. The topological polar surface area (TPSA) is 43.4 Å². The van der Waals surface area contributed by atoms with Gasteiger partial charge in [0.2, 0.25) is 0 Å². The summed E-state index contributed by atoms with van der Waals surface area (Å²) in [5.74, 6) is -0.663. The lowest BCUT2D eigenvalue weighted by molar-refractivity contribution is -0.158. The van der Waals surface area contributed by atoms with E-state index in [2.05, 4.69) is 6.92 Å². The molecule has 0 bridgehead atoms. The molecule has 0 aromatic rings. The summed E-state index contributed by atoms with van der Waals surface area (Å²) in [7, 11) is 0. The number of hydrogen-bond donors (Lipinski definition) is 0. The summed E-state index contributed by atoms with van der Waals surface area (Å²) < 4.78 is 4.82. The summed E-state index contributed by atoms with van der Waals surface area (Å²) in [6.45, 7) is 8.30. The number of carbonyl (C=O) groups is 2. The second-order valence-corrected chi connectivity index (χ2v) is 6.79. The quantitative estimate of drug-likeness (QED) is 0.394. The van der Waals surface area contributed by atoms with Gasteiger partial charge in [-0.3, -0.25) is 9.59 Å². The van der Waals surface area contributed by atoms with E-state index in [9.17, 15) is 9.59 Å². The van der Waals surface area contributed by atoms with Crippen LogP contribution in [-0.4, -0.2) is 11.9 Å². The fourth-order valence-corrected chi connectivity index (χ4v) is 2.90. The molecule has 1 saturated heterocycles. The molecule has 1 heterocycles. The van der Waals surface area contributed by atoms with Crippen molar-refractivity contribution >= 4 is 11.9 Å². The first-order chi connectivity index (χ1) is 8.83. The van der Waals surface area contributed by atoms with Gasteiger partial charge in [0.15, 0.2) is 0 Å². The van der Waals surface area contributed by atoms with E-state index < -0.39 is 5.41 Å². The highest BCUT2D eigenvalue weighted by atomic mass is 16.6. The molecule has 0 aromatic heterocycles. The lowest BCUT2D eigenvalue weighted by Gasteiger charge is -2.37. The van der Waals surface area contributed by atoms with Gasteiger partial charge in [-0.1, -0.05) is 66.2 Å². The molecular weight excluding hydrogens is 240 g/mol. The van der Waals surface area contributed by atoms with Crippen LogP contribution in [0, 0.1) is 10.8 Å². The van der Waals surface area contributed by atoms with Crippen molar-refractivity contribution in [1.82, 2.24) is 0 Å². The third-order valence-electron chi connectivity index (χ3n) is 4.44.